The van der Waals surface area contributed by atoms with Gasteiger partial charge in [0.2, 0.25) is 5.91 Å². The number of hydrogen-bond acceptors (Lipinski definition) is 6. The van der Waals surface area contributed by atoms with Crippen molar-refractivity contribution in [1.82, 2.24) is 35.9 Å². The molecule has 0 saturated carbocycles. The first-order chi connectivity index (χ1) is 12.1. The molecule has 9 nitrogen and oxygen atoms in total. The molecule has 0 spiro atoms. The van der Waals surface area contributed by atoms with E-state index in [1.54, 1.807) is 24.0 Å². The molecule has 10 heteroatoms. The fourth-order valence-electron chi connectivity index (χ4n) is 2.68. The van der Waals surface area contributed by atoms with Crippen LogP contribution in [0.25, 0.3) is 0 Å². The highest BCUT2D eigenvalue weighted by atomic mass is 35.5. The van der Waals surface area contributed by atoms with Crippen LogP contribution in [0.3, 0.4) is 0 Å². The van der Waals surface area contributed by atoms with Crippen LogP contribution in [-0.2, 0) is 11.3 Å². The molecule has 0 radical (unpaired) electrons. The van der Waals surface area contributed by atoms with Gasteiger partial charge in [-0.05, 0) is 18.6 Å². The minimum atomic E-state index is -0.263. The fourth-order valence-corrected chi connectivity index (χ4v) is 2.86. The Labute approximate surface area is 149 Å². The number of amides is 2. The highest BCUT2D eigenvalue weighted by Crippen LogP contribution is 2.19. The van der Waals surface area contributed by atoms with Crippen LogP contribution in [0.1, 0.15) is 28.5 Å². The fraction of sp³-hybridized carbons (Fsp3) is 0.400. The zero-order valence-corrected chi connectivity index (χ0v) is 14.3. The van der Waals surface area contributed by atoms with Crippen LogP contribution in [0, 0.1) is 0 Å². The Morgan fingerprint density at radius 2 is 2.32 bits per heavy atom. The van der Waals surface area contributed by atoms with Gasteiger partial charge in [-0.15, -0.1) is 5.10 Å². The third-order valence-electron chi connectivity index (χ3n) is 4.02. The number of carbonyl (C=O) groups excluding carboxylic acids is 2. The largest absolute Gasteiger partial charge is 0.358 e. The van der Waals surface area contributed by atoms with Crippen molar-refractivity contribution in [2.24, 2.45) is 0 Å². The number of hydrogen-bond donors (Lipinski definition) is 3. The molecule has 1 aliphatic rings. The van der Waals surface area contributed by atoms with Gasteiger partial charge in [-0.25, -0.2) is 9.67 Å². The monoisotopic (exact) mass is 363 g/mol. The molecule has 2 atom stereocenters. The normalized spacial score (nSPS) is 19.6. The first-order valence-corrected chi connectivity index (χ1v) is 8.20. The summed E-state index contributed by atoms with van der Waals surface area (Å²) in [5.41, 5.74) is 1.07. The molecule has 0 bridgehead atoms. The van der Waals surface area contributed by atoms with E-state index in [0.717, 1.165) is 0 Å². The van der Waals surface area contributed by atoms with E-state index < -0.39 is 0 Å². The smallest absolute Gasteiger partial charge is 0.251 e. The van der Waals surface area contributed by atoms with E-state index in [9.17, 15) is 9.59 Å². The van der Waals surface area contributed by atoms with Crippen LogP contribution in [0.2, 0.25) is 5.15 Å². The molecule has 2 aromatic heterocycles. The van der Waals surface area contributed by atoms with Gasteiger partial charge in [-0.3, -0.25) is 9.59 Å². The first kappa shape index (κ1) is 17.3. The van der Waals surface area contributed by atoms with Gasteiger partial charge in [0, 0.05) is 25.4 Å². The summed E-state index contributed by atoms with van der Waals surface area (Å²) in [7, 11) is 1.61. The number of halogens is 1. The summed E-state index contributed by atoms with van der Waals surface area (Å²) in [5.74, 6) is -0.299. The van der Waals surface area contributed by atoms with Crippen LogP contribution < -0.4 is 16.0 Å². The van der Waals surface area contributed by atoms with Gasteiger partial charge in [0.05, 0.1) is 24.8 Å². The Balaban J connectivity index is 1.55. The summed E-state index contributed by atoms with van der Waals surface area (Å²) < 4.78 is 1.72. The quantitative estimate of drug-likeness (QED) is 0.639. The lowest BCUT2D eigenvalue weighted by molar-refractivity contribution is -0.122. The van der Waals surface area contributed by atoms with E-state index in [-0.39, 0.29) is 35.6 Å². The van der Waals surface area contributed by atoms with E-state index in [4.69, 9.17) is 11.6 Å². The minimum absolute atomic E-state index is 0.0360. The molecule has 1 aliphatic heterocycles. The lowest BCUT2D eigenvalue weighted by Gasteiger charge is -2.08. The van der Waals surface area contributed by atoms with Crippen molar-refractivity contribution in [3.05, 3.63) is 40.9 Å². The SMILES string of the molecule is CNC(=O)[C@@H]1C[C@H](n2cc(CNC(=O)c3ccnc(Cl)c3)nn2)CN1. The van der Waals surface area contributed by atoms with E-state index in [1.807, 2.05) is 0 Å². The predicted octanol–water partition coefficient (Wildman–Crippen LogP) is -0.0945. The van der Waals surface area contributed by atoms with Gasteiger partial charge in [0.1, 0.15) is 10.8 Å². The standard InChI is InChI=1S/C15H18ClN7O2/c1-17-15(25)12-5-11(7-19-12)23-8-10(21-22-23)6-20-14(24)9-2-3-18-13(16)4-9/h2-4,8,11-12,19H,5-7H2,1H3,(H,17,25)(H,20,24)/t11-,12-/m0/s1. The Hall–Kier alpha value is -2.52. The van der Waals surface area contributed by atoms with E-state index in [2.05, 4.69) is 31.2 Å². The number of nitrogens with zero attached hydrogens (tertiary/aromatic N) is 4. The summed E-state index contributed by atoms with van der Waals surface area (Å²) in [5, 5.41) is 17.0. The number of rotatable bonds is 5. The van der Waals surface area contributed by atoms with Crippen LogP contribution in [0.15, 0.2) is 24.5 Å². The summed E-state index contributed by atoms with van der Waals surface area (Å²) in [6.45, 7) is 0.889. The second-order valence-electron chi connectivity index (χ2n) is 5.70. The Morgan fingerprint density at radius 3 is 3.08 bits per heavy atom. The molecule has 132 valence electrons. The zero-order valence-electron chi connectivity index (χ0n) is 13.6. The van der Waals surface area contributed by atoms with Gasteiger partial charge >= 0.3 is 0 Å². The van der Waals surface area contributed by atoms with Crippen molar-refractivity contribution < 1.29 is 9.59 Å². The van der Waals surface area contributed by atoms with Gasteiger partial charge in [0.25, 0.3) is 5.91 Å². The topological polar surface area (TPSA) is 114 Å². The van der Waals surface area contributed by atoms with Crippen molar-refractivity contribution in [2.75, 3.05) is 13.6 Å². The Morgan fingerprint density at radius 1 is 1.48 bits per heavy atom. The van der Waals surface area contributed by atoms with Gasteiger partial charge in [-0.2, -0.15) is 0 Å². The van der Waals surface area contributed by atoms with Gasteiger partial charge in [0.15, 0.2) is 0 Å². The average Bonchev–Trinajstić information content (AvgIpc) is 3.28. The maximum absolute atomic E-state index is 12.1. The summed E-state index contributed by atoms with van der Waals surface area (Å²) in [6, 6.07) is 2.91. The van der Waals surface area contributed by atoms with E-state index in [0.29, 0.717) is 24.2 Å². The zero-order chi connectivity index (χ0) is 17.8. The summed E-state index contributed by atoms with van der Waals surface area (Å²) in [4.78, 5) is 27.6. The van der Waals surface area contributed by atoms with Crippen LogP contribution >= 0.6 is 11.6 Å². The number of pyridine rings is 1. The molecular weight excluding hydrogens is 346 g/mol. The molecule has 0 aromatic carbocycles. The average molecular weight is 364 g/mol. The second kappa shape index (κ2) is 7.58. The lowest BCUT2D eigenvalue weighted by Crippen LogP contribution is -2.38. The van der Waals surface area contributed by atoms with E-state index >= 15 is 0 Å². The first-order valence-electron chi connectivity index (χ1n) is 7.82. The Bertz CT molecular complexity index is 779. The highest BCUT2D eigenvalue weighted by Gasteiger charge is 2.30. The number of likely N-dealkylation sites (N-methyl/N-ethyl adjacent to an activating group) is 1. The summed E-state index contributed by atoms with van der Waals surface area (Å²) in [6.07, 6.45) is 3.90. The van der Waals surface area contributed by atoms with Gasteiger partial charge < -0.3 is 16.0 Å². The molecule has 1 fully saturated rings. The number of aromatic nitrogens is 4. The predicted molar refractivity (Wildman–Crippen MR) is 90.0 cm³/mol. The molecule has 3 rings (SSSR count). The van der Waals surface area contributed by atoms with E-state index in [1.165, 1.54) is 12.3 Å². The highest BCUT2D eigenvalue weighted by molar-refractivity contribution is 6.29. The molecule has 25 heavy (non-hydrogen) atoms. The third kappa shape index (κ3) is 4.12. The minimum Gasteiger partial charge on any atom is -0.358 e. The third-order valence-corrected chi connectivity index (χ3v) is 4.23. The maximum Gasteiger partial charge on any atom is 0.251 e. The van der Waals surface area contributed by atoms with Crippen LogP contribution in [0.4, 0.5) is 0 Å². The molecular formula is C15H18ClN7O2. The summed E-state index contributed by atoms with van der Waals surface area (Å²) >= 11 is 5.78. The van der Waals surface area contributed by atoms with Crippen molar-refractivity contribution in [2.45, 2.75) is 25.0 Å². The number of nitrogens with one attached hydrogen (secondary N) is 3. The van der Waals surface area contributed by atoms with Crippen molar-refractivity contribution in [3.8, 4) is 0 Å². The van der Waals surface area contributed by atoms with Crippen LogP contribution in [-0.4, -0.2) is 51.4 Å². The molecule has 1 saturated heterocycles. The molecule has 0 unspecified atom stereocenters. The Kier molecular flexibility index (Phi) is 5.25. The van der Waals surface area contributed by atoms with Gasteiger partial charge in [-0.1, -0.05) is 16.8 Å². The molecule has 0 aliphatic carbocycles. The van der Waals surface area contributed by atoms with Crippen molar-refractivity contribution in [3.63, 3.8) is 0 Å². The van der Waals surface area contributed by atoms with Crippen molar-refractivity contribution >= 4 is 23.4 Å². The van der Waals surface area contributed by atoms with Crippen molar-refractivity contribution in [1.29, 1.82) is 0 Å². The molecule has 2 aromatic rings. The molecule has 2 amide bonds. The lowest BCUT2D eigenvalue weighted by atomic mass is 10.1. The van der Waals surface area contributed by atoms with Crippen LogP contribution in [0.5, 0.6) is 0 Å². The second-order valence-corrected chi connectivity index (χ2v) is 6.09. The molecule has 3 N–H and O–H groups in total. The maximum atomic E-state index is 12.1. The number of carbonyl (C=O) groups is 2. The molecule has 3 heterocycles.